The molecule has 0 aliphatic heterocycles. The Bertz CT molecular complexity index is 888. The van der Waals surface area contributed by atoms with Gasteiger partial charge in [-0.3, -0.25) is 0 Å². The zero-order chi connectivity index (χ0) is 18.0. The van der Waals surface area contributed by atoms with Gasteiger partial charge in [-0.05, 0) is 25.1 Å². The first-order valence-electron chi connectivity index (χ1n) is 8.36. The summed E-state index contributed by atoms with van der Waals surface area (Å²) >= 11 is 6.45. The van der Waals surface area contributed by atoms with E-state index in [0.717, 1.165) is 40.8 Å². The Kier molecular flexibility index (Phi) is 5.22. The van der Waals surface area contributed by atoms with Gasteiger partial charge in [0.1, 0.15) is 18.2 Å². The normalized spacial score (nSPS) is 12.0. The van der Waals surface area contributed by atoms with Crippen LogP contribution in [-0.2, 0) is 11.5 Å². The van der Waals surface area contributed by atoms with E-state index in [-0.39, 0.29) is 0 Å². The third-order valence-corrected chi connectivity index (χ3v) is 6.00. The third-order valence-electron chi connectivity index (χ3n) is 3.99. The van der Waals surface area contributed by atoms with Crippen molar-refractivity contribution < 1.29 is 4.74 Å². The molecule has 0 aliphatic rings. The molecule has 0 N–H and O–H groups in total. The van der Waals surface area contributed by atoms with Gasteiger partial charge in [-0.2, -0.15) is 0 Å². The number of aryl methyl sites for hydroxylation is 1. The van der Waals surface area contributed by atoms with Crippen LogP contribution in [0.4, 0.5) is 0 Å². The van der Waals surface area contributed by atoms with Crippen molar-refractivity contribution in [1.82, 2.24) is 19.5 Å². The van der Waals surface area contributed by atoms with E-state index in [4.69, 9.17) is 16.3 Å². The lowest BCUT2D eigenvalue weighted by molar-refractivity contribution is 0.0899. The van der Waals surface area contributed by atoms with Gasteiger partial charge in [0.15, 0.2) is 0 Å². The number of ether oxygens (including phenoxy) is 1. The molecule has 0 spiro atoms. The molecule has 25 heavy (non-hydrogen) atoms. The van der Waals surface area contributed by atoms with Crippen molar-refractivity contribution in [2.24, 2.45) is 0 Å². The summed E-state index contributed by atoms with van der Waals surface area (Å²) in [5.41, 5.74) is 2.60. The lowest BCUT2D eigenvalue weighted by Gasteiger charge is -2.15. The van der Waals surface area contributed by atoms with Gasteiger partial charge in [0.05, 0.1) is 10.7 Å². The molecule has 0 saturated carbocycles. The van der Waals surface area contributed by atoms with Gasteiger partial charge in [0, 0.05) is 44.2 Å². The van der Waals surface area contributed by atoms with Crippen LogP contribution >= 0.6 is 11.6 Å². The number of aromatic nitrogens is 4. The lowest BCUT2D eigenvalue weighted by Crippen LogP contribution is -2.22. The maximum atomic E-state index is 6.45. The van der Waals surface area contributed by atoms with Gasteiger partial charge in [-0.15, -0.1) is 0 Å². The van der Waals surface area contributed by atoms with Crippen molar-refractivity contribution in [1.29, 1.82) is 0 Å². The largest absolute Gasteiger partial charge is 0.361 e. The number of rotatable bonds is 6. The number of pyridine rings is 1. The maximum Gasteiger partial charge on any atom is 0.143 e. The van der Waals surface area contributed by atoms with Crippen molar-refractivity contribution in [2.45, 2.75) is 39.3 Å². The highest BCUT2D eigenvalue weighted by Crippen LogP contribution is 2.33. The molecule has 3 aromatic heterocycles. The monoisotopic (exact) mass is 374 g/mol. The fourth-order valence-corrected chi connectivity index (χ4v) is 3.62. The minimum atomic E-state index is -1.10. The summed E-state index contributed by atoms with van der Waals surface area (Å²) in [6.45, 7) is 10.1. The second-order valence-electron chi connectivity index (χ2n) is 7.34. The number of fused-ring (bicyclic) bond motifs is 1. The molecular weight excluding hydrogens is 352 g/mol. The molecule has 0 saturated heterocycles. The molecule has 7 heteroatoms. The molecule has 3 aromatic rings. The topological polar surface area (TPSA) is 52.8 Å². The van der Waals surface area contributed by atoms with Crippen LogP contribution in [0.1, 0.15) is 5.82 Å². The first-order chi connectivity index (χ1) is 11.8. The summed E-state index contributed by atoms with van der Waals surface area (Å²) in [7, 11) is -1.10. The van der Waals surface area contributed by atoms with Gasteiger partial charge in [0.2, 0.25) is 0 Å². The minimum Gasteiger partial charge on any atom is -0.361 e. The van der Waals surface area contributed by atoms with Crippen molar-refractivity contribution in [3.63, 3.8) is 0 Å². The molecule has 132 valence electrons. The van der Waals surface area contributed by atoms with Crippen LogP contribution in [0.2, 0.25) is 30.7 Å². The number of nitrogens with zero attached hydrogens (tertiary/aromatic N) is 4. The average molecular weight is 375 g/mol. The highest BCUT2D eigenvalue weighted by Gasteiger charge is 2.16. The van der Waals surface area contributed by atoms with Crippen LogP contribution in [0.15, 0.2) is 30.7 Å². The van der Waals surface area contributed by atoms with Crippen LogP contribution in [0.5, 0.6) is 0 Å². The quantitative estimate of drug-likeness (QED) is 0.460. The van der Waals surface area contributed by atoms with Crippen LogP contribution in [0.25, 0.3) is 22.3 Å². The van der Waals surface area contributed by atoms with E-state index in [1.807, 2.05) is 23.8 Å². The fourth-order valence-electron chi connectivity index (χ4n) is 2.62. The van der Waals surface area contributed by atoms with E-state index in [9.17, 15) is 0 Å². The van der Waals surface area contributed by atoms with E-state index in [1.54, 1.807) is 18.5 Å². The third kappa shape index (κ3) is 4.26. The number of hydrogen-bond acceptors (Lipinski definition) is 4. The maximum absolute atomic E-state index is 6.45. The molecule has 0 bridgehead atoms. The van der Waals surface area contributed by atoms with Gasteiger partial charge in [0.25, 0.3) is 0 Å². The summed E-state index contributed by atoms with van der Waals surface area (Å²) in [5, 5.41) is 1.56. The molecule has 0 aliphatic carbocycles. The van der Waals surface area contributed by atoms with E-state index < -0.39 is 8.07 Å². The highest BCUT2D eigenvalue weighted by atomic mass is 35.5. The van der Waals surface area contributed by atoms with Crippen LogP contribution in [0, 0.1) is 6.92 Å². The summed E-state index contributed by atoms with van der Waals surface area (Å²) in [5.74, 6) is 0.727. The molecule has 3 heterocycles. The van der Waals surface area contributed by atoms with E-state index in [2.05, 4.69) is 34.6 Å². The first-order valence-corrected chi connectivity index (χ1v) is 12.4. The molecule has 3 rings (SSSR count). The SMILES string of the molecule is Cc1nccc(-c2cn(COCC[Si](C)(C)C)c3nccc(Cl)c23)n1. The summed E-state index contributed by atoms with van der Waals surface area (Å²) in [6, 6.07) is 4.83. The van der Waals surface area contributed by atoms with E-state index in [1.165, 1.54) is 0 Å². The van der Waals surface area contributed by atoms with E-state index >= 15 is 0 Å². The predicted molar refractivity (Wildman–Crippen MR) is 105 cm³/mol. The molecule has 5 nitrogen and oxygen atoms in total. The smallest absolute Gasteiger partial charge is 0.143 e. The molecule has 0 aromatic carbocycles. The Morgan fingerprint density at radius 1 is 1.16 bits per heavy atom. The number of halogens is 1. The van der Waals surface area contributed by atoms with Gasteiger partial charge < -0.3 is 9.30 Å². The second kappa shape index (κ2) is 7.23. The van der Waals surface area contributed by atoms with Gasteiger partial charge in [-0.25, -0.2) is 15.0 Å². The molecule has 0 radical (unpaired) electrons. The number of hydrogen-bond donors (Lipinski definition) is 0. The molecule has 0 fully saturated rings. The molecule has 0 unspecified atom stereocenters. The molecule has 0 amide bonds. The Labute approximate surface area is 154 Å². The molecular formula is C18H23ClN4OSi. The lowest BCUT2D eigenvalue weighted by atomic mass is 10.1. The van der Waals surface area contributed by atoms with Gasteiger partial charge in [-0.1, -0.05) is 31.2 Å². The first kappa shape index (κ1) is 18.0. The van der Waals surface area contributed by atoms with Crippen molar-refractivity contribution in [2.75, 3.05) is 6.61 Å². The zero-order valence-electron chi connectivity index (χ0n) is 15.1. The Morgan fingerprint density at radius 2 is 1.92 bits per heavy atom. The molecule has 0 atom stereocenters. The Hall–Kier alpha value is -1.76. The van der Waals surface area contributed by atoms with Crippen LogP contribution in [-0.4, -0.2) is 34.2 Å². The summed E-state index contributed by atoms with van der Waals surface area (Å²) in [4.78, 5) is 13.2. The van der Waals surface area contributed by atoms with Crippen molar-refractivity contribution in [3.8, 4) is 11.3 Å². The Balaban J connectivity index is 1.93. The Morgan fingerprint density at radius 3 is 2.64 bits per heavy atom. The minimum absolute atomic E-state index is 0.457. The summed E-state index contributed by atoms with van der Waals surface area (Å²) < 4.78 is 7.90. The van der Waals surface area contributed by atoms with Gasteiger partial charge >= 0.3 is 0 Å². The van der Waals surface area contributed by atoms with Crippen molar-refractivity contribution >= 4 is 30.7 Å². The zero-order valence-corrected chi connectivity index (χ0v) is 16.8. The van der Waals surface area contributed by atoms with Crippen LogP contribution < -0.4 is 0 Å². The van der Waals surface area contributed by atoms with E-state index in [0.29, 0.717) is 11.8 Å². The second-order valence-corrected chi connectivity index (χ2v) is 13.4. The standard InChI is InChI=1S/C18H23ClN4OSi/c1-13-20-8-6-16(22-13)14-11-23(12-24-9-10-25(2,3)4)18-17(14)15(19)5-7-21-18/h5-8,11H,9-10,12H2,1-4H3. The average Bonchev–Trinajstić information content (AvgIpc) is 2.91. The van der Waals surface area contributed by atoms with Crippen LogP contribution in [0.3, 0.4) is 0 Å². The van der Waals surface area contributed by atoms with Crippen molar-refractivity contribution in [3.05, 3.63) is 41.6 Å². The highest BCUT2D eigenvalue weighted by molar-refractivity contribution is 6.76. The predicted octanol–water partition coefficient (Wildman–Crippen LogP) is 4.77. The fraction of sp³-hybridized carbons (Fsp3) is 0.389. The summed E-state index contributed by atoms with van der Waals surface area (Å²) in [6.07, 6.45) is 5.49.